The number of esters is 1. The fraction of sp³-hybridized carbons (Fsp3) is 0.143. The van der Waals surface area contributed by atoms with Gasteiger partial charge in [0.2, 0.25) is 5.91 Å². The summed E-state index contributed by atoms with van der Waals surface area (Å²) in [5.74, 6) is -3.39. The molecule has 0 saturated heterocycles. The summed E-state index contributed by atoms with van der Waals surface area (Å²) in [6.07, 6.45) is 1.37. The number of halogens is 2. The predicted molar refractivity (Wildman–Crippen MR) is 105 cm³/mol. The van der Waals surface area contributed by atoms with E-state index in [-0.39, 0.29) is 17.0 Å². The maximum absolute atomic E-state index is 12.2. The molecule has 0 heterocycles. The molecule has 0 spiro atoms. The number of carbonyl (C=O) groups excluding carboxylic acids is 4. The van der Waals surface area contributed by atoms with E-state index >= 15 is 0 Å². The molecule has 31 heavy (non-hydrogen) atoms. The topological polar surface area (TPSA) is 111 Å². The first-order valence-corrected chi connectivity index (χ1v) is 8.85. The zero-order valence-corrected chi connectivity index (χ0v) is 16.3. The summed E-state index contributed by atoms with van der Waals surface area (Å²) < 4.78 is 33.3. The SMILES string of the molecule is CC(=O)N/C(=C/c1ccccc1)C(=O)OCC(=O)NC(=O)c1ccc(OC(F)F)cc1. The quantitative estimate of drug-likeness (QED) is 0.489. The number of hydrogen-bond donors (Lipinski definition) is 2. The number of imide groups is 1. The zero-order valence-electron chi connectivity index (χ0n) is 16.3. The number of ether oxygens (including phenoxy) is 2. The Bertz CT molecular complexity index is 975. The van der Waals surface area contributed by atoms with Crippen molar-refractivity contribution in [1.29, 1.82) is 0 Å². The molecule has 10 heteroatoms. The minimum absolute atomic E-state index is 0.00389. The highest BCUT2D eigenvalue weighted by Gasteiger charge is 2.17. The van der Waals surface area contributed by atoms with Crippen molar-refractivity contribution in [2.45, 2.75) is 13.5 Å². The van der Waals surface area contributed by atoms with Gasteiger partial charge < -0.3 is 14.8 Å². The highest BCUT2D eigenvalue weighted by Crippen LogP contribution is 2.14. The van der Waals surface area contributed by atoms with Crippen LogP contribution in [0.15, 0.2) is 60.3 Å². The van der Waals surface area contributed by atoms with E-state index in [4.69, 9.17) is 4.74 Å². The number of alkyl halides is 2. The van der Waals surface area contributed by atoms with Gasteiger partial charge in [0.1, 0.15) is 11.4 Å². The Kier molecular flexibility index (Phi) is 8.38. The summed E-state index contributed by atoms with van der Waals surface area (Å²) in [5, 5.41) is 4.31. The second-order valence-electron chi connectivity index (χ2n) is 6.01. The van der Waals surface area contributed by atoms with Crippen molar-refractivity contribution in [1.82, 2.24) is 10.6 Å². The number of hydrogen-bond acceptors (Lipinski definition) is 6. The molecule has 2 aromatic carbocycles. The molecule has 0 aromatic heterocycles. The van der Waals surface area contributed by atoms with Gasteiger partial charge in [-0.15, -0.1) is 0 Å². The maximum atomic E-state index is 12.2. The Morgan fingerprint density at radius 2 is 1.61 bits per heavy atom. The first-order chi connectivity index (χ1) is 14.7. The average molecular weight is 432 g/mol. The first kappa shape index (κ1) is 23.2. The molecule has 0 aliphatic carbocycles. The van der Waals surface area contributed by atoms with Gasteiger partial charge in [0.15, 0.2) is 6.61 Å². The van der Waals surface area contributed by atoms with Gasteiger partial charge in [-0.1, -0.05) is 30.3 Å². The molecular weight excluding hydrogens is 414 g/mol. The number of amides is 3. The number of carbonyl (C=O) groups is 4. The van der Waals surface area contributed by atoms with Gasteiger partial charge in [-0.3, -0.25) is 19.7 Å². The third kappa shape index (κ3) is 8.05. The van der Waals surface area contributed by atoms with Crippen molar-refractivity contribution in [3.63, 3.8) is 0 Å². The molecule has 2 N–H and O–H groups in total. The van der Waals surface area contributed by atoms with Crippen LogP contribution in [-0.4, -0.2) is 36.9 Å². The minimum Gasteiger partial charge on any atom is -0.451 e. The van der Waals surface area contributed by atoms with Gasteiger partial charge in [0, 0.05) is 12.5 Å². The summed E-state index contributed by atoms with van der Waals surface area (Å²) in [6.45, 7) is -2.59. The fourth-order valence-corrected chi connectivity index (χ4v) is 2.28. The van der Waals surface area contributed by atoms with Crippen LogP contribution in [0.4, 0.5) is 8.78 Å². The molecule has 2 aromatic rings. The van der Waals surface area contributed by atoms with Gasteiger partial charge in [-0.05, 0) is 35.9 Å². The Hall–Kier alpha value is -4.08. The van der Waals surface area contributed by atoms with Crippen LogP contribution in [0.2, 0.25) is 0 Å². The molecule has 0 bridgehead atoms. The summed E-state index contributed by atoms with van der Waals surface area (Å²) in [6, 6.07) is 13.3. The standard InChI is InChI=1S/C21H18F2N2O6/c1-13(26)24-17(11-14-5-3-2-4-6-14)20(29)30-12-18(27)25-19(28)15-7-9-16(10-8-15)31-21(22)23/h2-11,21H,12H2,1H3,(H,24,26)(H,25,27,28)/b17-11+. The molecule has 0 radical (unpaired) electrons. The molecule has 0 unspecified atom stereocenters. The van der Waals surface area contributed by atoms with Crippen LogP contribution in [0.5, 0.6) is 5.75 Å². The second kappa shape index (κ2) is 11.2. The van der Waals surface area contributed by atoms with E-state index in [0.29, 0.717) is 5.56 Å². The Morgan fingerprint density at radius 1 is 0.968 bits per heavy atom. The summed E-state index contributed by atoms with van der Waals surface area (Å²) in [5.41, 5.74) is 0.429. The number of benzene rings is 2. The van der Waals surface area contributed by atoms with Crippen LogP contribution in [-0.2, 0) is 19.1 Å². The summed E-state index contributed by atoms with van der Waals surface area (Å²) in [4.78, 5) is 47.5. The van der Waals surface area contributed by atoms with Crippen molar-refractivity contribution >= 4 is 29.8 Å². The lowest BCUT2D eigenvalue weighted by atomic mass is 10.2. The predicted octanol–water partition coefficient (Wildman–Crippen LogP) is 2.26. The molecule has 0 aliphatic heterocycles. The van der Waals surface area contributed by atoms with Crippen LogP contribution in [0, 0.1) is 0 Å². The van der Waals surface area contributed by atoms with Gasteiger partial charge in [-0.2, -0.15) is 8.78 Å². The molecule has 2 rings (SSSR count). The number of nitrogens with one attached hydrogen (secondary N) is 2. The van der Waals surface area contributed by atoms with Crippen LogP contribution < -0.4 is 15.4 Å². The van der Waals surface area contributed by atoms with Gasteiger partial charge in [0.25, 0.3) is 11.8 Å². The van der Waals surface area contributed by atoms with Gasteiger partial charge >= 0.3 is 12.6 Å². The monoisotopic (exact) mass is 432 g/mol. The third-order valence-electron chi connectivity index (χ3n) is 3.57. The number of rotatable bonds is 8. The fourth-order valence-electron chi connectivity index (χ4n) is 2.28. The Labute approximate surface area is 175 Å². The van der Waals surface area contributed by atoms with Crippen molar-refractivity contribution in [3.8, 4) is 5.75 Å². The average Bonchev–Trinajstić information content (AvgIpc) is 2.72. The maximum Gasteiger partial charge on any atom is 0.387 e. The smallest absolute Gasteiger partial charge is 0.387 e. The molecule has 0 aliphatic rings. The van der Waals surface area contributed by atoms with Crippen LogP contribution in [0.25, 0.3) is 6.08 Å². The Morgan fingerprint density at radius 3 is 2.19 bits per heavy atom. The van der Waals surface area contributed by atoms with Crippen LogP contribution >= 0.6 is 0 Å². The van der Waals surface area contributed by atoms with Crippen molar-refractivity contribution in [3.05, 3.63) is 71.4 Å². The van der Waals surface area contributed by atoms with Crippen molar-refractivity contribution < 1.29 is 37.4 Å². The summed E-state index contributed by atoms with van der Waals surface area (Å²) >= 11 is 0. The van der Waals surface area contributed by atoms with Gasteiger partial charge in [-0.25, -0.2) is 4.79 Å². The third-order valence-corrected chi connectivity index (χ3v) is 3.57. The van der Waals surface area contributed by atoms with E-state index in [1.54, 1.807) is 30.3 Å². The highest BCUT2D eigenvalue weighted by molar-refractivity contribution is 6.06. The lowest BCUT2D eigenvalue weighted by Gasteiger charge is -2.09. The lowest BCUT2D eigenvalue weighted by Crippen LogP contribution is -2.35. The van der Waals surface area contributed by atoms with Crippen LogP contribution in [0.1, 0.15) is 22.8 Å². The van der Waals surface area contributed by atoms with Crippen LogP contribution in [0.3, 0.4) is 0 Å². The molecular formula is C21H18F2N2O6. The second-order valence-corrected chi connectivity index (χ2v) is 6.01. The highest BCUT2D eigenvalue weighted by atomic mass is 19.3. The van der Waals surface area contributed by atoms with Crippen molar-refractivity contribution in [2.75, 3.05) is 6.61 Å². The van der Waals surface area contributed by atoms with Crippen molar-refractivity contribution in [2.24, 2.45) is 0 Å². The van der Waals surface area contributed by atoms with E-state index in [9.17, 15) is 28.0 Å². The van der Waals surface area contributed by atoms with E-state index in [2.05, 4.69) is 10.1 Å². The zero-order chi connectivity index (χ0) is 22.8. The molecule has 8 nitrogen and oxygen atoms in total. The first-order valence-electron chi connectivity index (χ1n) is 8.85. The molecule has 0 saturated carbocycles. The summed E-state index contributed by atoms with van der Waals surface area (Å²) in [7, 11) is 0. The van der Waals surface area contributed by atoms with E-state index < -0.39 is 36.9 Å². The largest absolute Gasteiger partial charge is 0.451 e. The van der Waals surface area contributed by atoms with E-state index in [1.165, 1.54) is 25.1 Å². The normalized spacial score (nSPS) is 10.9. The molecule has 3 amide bonds. The van der Waals surface area contributed by atoms with E-state index in [0.717, 1.165) is 12.1 Å². The molecule has 0 atom stereocenters. The molecule has 0 fully saturated rings. The van der Waals surface area contributed by atoms with E-state index in [1.807, 2.05) is 5.32 Å². The Balaban J connectivity index is 1.93. The lowest BCUT2D eigenvalue weighted by molar-refractivity contribution is -0.145. The van der Waals surface area contributed by atoms with Gasteiger partial charge in [0.05, 0.1) is 0 Å². The minimum atomic E-state index is -3.01. The molecule has 162 valence electrons.